The van der Waals surface area contributed by atoms with Crippen LogP contribution in [0.2, 0.25) is 0 Å². The molecule has 0 unspecified atom stereocenters. The molecule has 0 aliphatic heterocycles. The van der Waals surface area contributed by atoms with E-state index in [-0.39, 0.29) is 31.4 Å². The molecular weight excluding hydrogens is 370 g/mol. The van der Waals surface area contributed by atoms with Gasteiger partial charge in [-0.15, -0.1) is 11.3 Å². The van der Waals surface area contributed by atoms with Crippen molar-refractivity contribution in [2.24, 2.45) is 0 Å². The first-order valence-corrected chi connectivity index (χ1v) is 8.98. The van der Waals surface area contributed by atoms with Gasteiger partial charge in [0, 0.05) is 6.54 Å². The summed E-state index contributed by atoms with van der Waals surface area (Å²) < 4.78 is 15.4. The van der Waals surface area contributed by atoms with Crippen LogP contribution in [0.15, 0.2) is 46.3 Å². The third-order valence-electron chi connectivity index (χ3n) is 3.53. The second kappa shape index (κ2) is 8.95. The quantitative estimate of drug-likeness (QED) is 0.593. The van der Waals surface area contributed by atoms with Gasteiger partial charge in [-0.3, -0.25) is 9.59 Å². The zero-order valence-corrected chi connectivity index (χ0v) is 15.3. The topological polar surface area (TPSA) is 104 Å². The summed E-state index contributed by atoms with van der Waals surface area (Å²) in [6.45, 7) is 0.0473. The maximum atomic E-state index is 11.8. The van der Waals surface area contributed by atoms with Crippen molar-refractivity contribution in [1.29, 1.82) is 0 Å². The summed E-state index contributed by atoms with van der Waals surface area (Å²) in [4.78, 5) is 28.3. The molecule has 1 N–H and O–H groups in total. The van der Waals surface area contributed by atoms with Crippen molar-refractivity contribution in [3.05, 3.63) is 52.5 Å². The van der Waals surface area contributed by atoms with Crippen LogP contribution in [0.1, 0.15) is 22.0 Å². The first-order valence-electron chi connectivity index (χ1n) is 8.10. The number of nitrogens with one attached hydrogen (secondary N) is 1. The maximum absolute atomic E-state index is 11.8. The van der Waals surface area contributed by atoms with E-state index in [9.17, 15) is 9.59 Å². The van der Waals surface area contributed by atoms with Gasteiger partial charge in [0.25, 0.3) is 11.8 Å². The van der Waals surface area contributed by atoms with Crippen LogP contribution in [-0.2, 0) is 16.1 Å². The van der Waals surface area contributed by atoms with E-state index in [1.807, 2.05) is 17.5 Å². The minimum atomic E-state index is -0.474. The number of nitrogens with zero attached hydrogens (tertiary/aromatic N) is 2. The minimum absolute atomic E-state index is 0.0462. The molecule has 140 valence electrons. The minimum Gasteiger partial charge on any atom is -0.496 e. The molecule has 0 atom stereocenters. The van der Waals surface area contributed by atoms with Crippen LogP contribution in [0.4, 0.5) is 0 Å². The molecule has 0 saturated heterocycles. The van der Waals surface area contributed by atoms with Crippen molar-refractivity contribution in [3.63, 3.8) is 0 Å². The molecule has 3 rings (SSSR count). The first-order chi connectivity index (χ1) is 13.2. The second-order valence-corrected chi connectivity index (χ2v) is 6.30. The predicted octanol–water partition coefficient (Wildman–Crippen LogP) is 2.67. The van der Waals surface area contributed by atoms with Gasteiger partial charge < -0.3 is 19.3 Å². The normalized spacial score (nSPS) is 10.4. The molecule has 0 bridgehead atoms. The van der Waals surface area contributed by atoms with E-state index in [0.29, 0.717) is 22.0 Å². The van der Waals surface area contributed by atoms with Crippen molar-refractivity contribution >= 4 is 23.2 Å². The number of para-hydroxylation sites is 1. The lowest BCUT2D eigenvalue weighted by molar-refractivity contribution is -0.145. The standard InChI is InChI=1S/C18H17N3O5S/c1-24-13-6-3-2-5-12(13)17-20-15(26-21-17)11-25-16(22)8-9-19-18(23)14-7-4-10-27-14/h2-7,10H,8-9,11H2,1H3,(H,19,23). The number of amides is 1. The molecule has 27 heavy (non-hydrogen) atoms. The number of hydrogen-bond donors (Lipinski definition) is 1. The van der Waals surface area contributed by atoms with Crippen LogP contribution in [0.3, 0.4) is 0 Å². The number of benzene rings is 1. The highest BCUT2D eigenvalue weighted by Gasteiger charge is 2.14. The van der Waals surface area contributed by atoms with Crippen LogP contribution in [0.25, 0.3) is 11.4 Å². The molecule has 0 spiro atoms. The summed E-state index contributed by atoms with van der Waals surface area (Å²) in [5.74, 6) is 0.451. The monoisotopic (exact) mass is 387 g/mol. The van der Waals surface area contributed by atoms with Gasteiger partial charge >= 0.3 is 5.97 Å². The molecule has 0 saturated carbocycles. The number of methoxy groups -OCH3 is 1. The number of ether oxygens (including phenoxy) is 2. The third kappa shape index (κ3) is 4.91. The average Bonchev–Trinajstić information content (AvgIpc) is 3.38. The number of carbonyl (C=O) groups excluding carboxylic acids is 2. The number of aromatic nitrogens is 2. The second-order valence-electron chi connectivity index (χ2n) is 5.36. The van der Waals surface area contributed by atoms with E-state index in [1.54, 1.807) is 31.4 Å². The van der Waals surface area contributed by atoms with E-state index in [0.717, 1.165) is 0 Å². The van der Waals surface area contributed by atoms with Crippen molar-refractivity contribution < 1.29 is 23.6 Å². The summed E-state index contributed by atoms with van der Waals surface area (Å²) in [6.07, 6.45) is 0.0462. The van der Waals surface area contributed by atoms with E-state index in [4.69, 9.17) is 14.0 Å². The van der Waals surface area contributed by atoms with Crippen LogP contribution < -0.4 is 10.1 Å². The largest absolute Gasteiger partial charge is 0.496 e. The highest BCUT2D eigenvalue weighted by molar-refractivity contribution is 7.12. The van der Waals surface area contributed by atoms with Gasteiger partial charge in [-0.25, -0.2) is 0 Å². The lowest BCUT2D eigenvalue weighted by Crippen LogP contribution is -2.25. The van der Waals surface area contributed by atoms with E-state index >= 15 is 0 Å². The van der Waals surface area contributed by atoms with Gasteiger partial charge in [0.1, 0.15) is 5.75 Å². The molecular formula is C18H17N3O5S. The average molecular weight is 387 g/mol. The Balaban J connectivity index is 1.45. The van der Waals surface area contributed by atoms with Gasteiger partial charge in [0.15, 0.2) is 6.61 Å². The van der Waals surface area contributed by atoms with E-state index < -0.39 is 5.97 Å². The fourth-order valence-corrected chi connectivity index (χ4v) is 2.88. The zero-order chi connectivity index (χ0) is 19.1. The first kappa shape index (κ1) is 18.6. The Kier molecular flexibility index (Phi) is 6.16. The van der Waals surface area contributed by atoms with Crippen LogP contribution in [-0.4, -0.2) is 35.7 Å². The number of rotatable bonds is 8. The highest BCUT2D eigenvalue weighted by Crippen LogP contribution is 2.27. The van der Waals surface area contributed by atoms with Crippen LogP contribution in [0.5, 0.6) is 5.75 Å². The predicted molar refractivity (Wildman–Crippen MR) is 97.4 cm³/mol. The van der Waals surface area contributed by atoms with Gasteiger partial charge in [-0.2, -0.15) is 4.98 Å². The van der Waals surface area contributed by atoms with Crippen LogP contribution in [0, 0.1) is 0 Å². The molecule has 0 aliphatic carbocycles. The summed E-state index contributed by atoms with van der Waals surface area (Å²) >= 11 is 1.34. The summed E-state index contributed by atoms with van der Waals surface area (Å²) in [6, 6.07) is 10.8. The Bertz CT molecular complexity index is 907. The molecule has 1 aromatic carbocycles. The van der Waals surface area contributed by atoms with Gasteiger partial charge in [-0.1, -0.05) is 23.4 Å². The SMILES string of the molecule is COc1ccccc1-c1noc(COC(=O)CCNC(=O)c2cccs2)n1. The Morgan fingerprint density at radius 2 is 2.07 bits per heavy atom. The molecule has 2 heterocycles. The summed E-state index contributed by atoms with van der Waals surface area (Å²) in [5.41, 5.74) is 0.678. The Morgan fingerprint density at radius 3 is 2.85 bits per heavy atom. The molecule has 0 fully saturated rings. The smallest absolute Gasteiger partial charge is 0.308 e. The van der Waals surface area contributed by atoms with Crippen molar-refractivity contribution in [2.45, 2.75) is 13.0 Å². The molecule has 3 aromatic rings. The lowest BCUT2D eigenvalue weighted by Gasteiger charge is -2.04. The Labute approximate surface area is 159 Å². The van der Waals surface area contributed by atoms with Gasteiger partial charge in [-0.05, 0) is 23.6 Å². The number of hydrogen-bond acceptors (Lipinski definition) is 8. The molecule has 9 heteroatoms. The number of thiophene rings is 1. The lowest BCUT2D eigenvalue weighted by atomic mass is 10.2. The molecule has 0 radical (unpaired) electrons. The Hall–Kier alpha value is -3.20. The number of esters is 1. The third-order valence-corrected chi connectivity index (χ3v) is 4.40. The van der Waals surface area contributed by atoms with Crippen molar-refractivity contribution in [1.82, 2.24) is 15.5 Å². The molecule has 0 aliphatic rings. The van der Waals surface area contributed by atoms with Gasteiger partial charge in [0.05, 0.1) is 24.0 Å². The van der Waals surface area contributed by atoms with Crippen molar-refractivity contribution in [2.75, 3.05) is 13.7 Å². The highest BCUT2D eigenvalue weighted by atomic mass is 32.1. The molecule has 8 nitrogen and oxygen atoms in total. The summed E-state index contributed by atoms with van der Waals surface area (Å²) in [5, 5.41) is 8.34. The molecule has 1 amide bonds. The fraction of sp³-hybridized carbons (Fsp3) is 0.222. The van der Waals surface area contributed by atoms with Gasteiger partial charge in [0.2, 0.25) is 5.82 Å². The van der Waals surface area contributed by atoms with E-state index in [1.165, 1.54) is 11.3 Å². The fourth-order valence-electron chi connectivity index (χ4n) is 2.24. The van der Waals surface area contributed by atoms with Crippen LogP contribution >= 0.6 is 11.3 Å². The Morgan fingerprint density at radius 1 is 1.22 bits per heavy atom. The zero-order valence-electron chi connectivity index (χ0n) is 14.5. The van der Waals surface area contributed by atoms with Crippen molar-refractivity contribution in [3.8, 4) is 17.1 Å². The molecule has 2 aromatic heterocycles. The maximum Gasteiger partial charge on any atom is 0.308 e. The van der Waals surface area contributed by atoms with E-state index in [2.05, 4.69) is 15.5 Å². The summed E-state index contributed by atoms with van der Waals surface area (Å²) in [7, 11) is 1.55. The number of carbonyl (C=O) groups is 2.